The Morgan fingerprint density at radius 3 is 2.50 bits per heavy atom. The van der Waals surface area contributed by atoms with Crippen molar-refractivity contribution in [3.05, 3.63) is 82.8 Å². The average molecular weight is 468 g/mol. The Bertz CT molecular complexity index is 1270. The molecule has 0 spiro atoms. The molecule has 0 bridgehead atoms. The smallest absolute Gasteiger partial charge is 0.292 e. The third kappa shape index (κ3) is 4.66. The Labute approximate surface area is 193 Å². The highest BCUT2D eigenvalue weighted by Gasteiger charge is 2.19. The molecule has 0 saturated carbocycles. The van der Waals surface area contributed by atoms with Gasteiger partial charge in [0, 0.05) is 11.1 Å². The highest BCUT2D eigenvalue weighted by Crippen LogP contribution is 2.37. The van der Waals surface area contributed by atoms with Crippen molar-refractivity contribution in [1.29, 1.82) is 0 Å². The fraction of sp³-hybridized carbons (Fsp3) is 0.0870. The molecule has 2 aromatic heterocycles. The van der Waals surface area contributed by atoms with Gasteiger partial charge in [0.2, 0.25) is 0 Å². The summed E-state index contributed by atoms with van der Waals surface area (Å²) in [5.74, 6) is -0.150. The number of hydrogen-bond acceptors (Lipinski definition) is 6. The van der Waals surface area contributed by atoms with Crippen LogP contribution in [0.3, 0.4) is 0 Å². The van der Waals surface area contributed by atoms with E-state index in [1.807, 2.05) is 31.2 Å². The molecule has 2 aromatic carbocycles. The molecular formula is C23H18ClN3O4S. The molecule has 0 aliphatic heterocycles. The van der Waals surface area contributed by atoms with Crippen LogP contribution in [0, 0.1) is 6.92 Å². The molecule has 0 atom stereocenters. The van der Waals surface area contributed by atoms with Gasteiger partial charge in [0.1, 0.15) is 16.4 Å². The summed E-state index contributed by atoms with van der Waals surface area (Å²) in [5, 5.41) is 6.72. The number of anilines is 2. The number of carbonyl (C=O) groups is 2. The van der Waals surface area contributed by atoms with Crippen LogP contribution in [0.4, 0.5) is 10.1 Å². The Morgan fingerprint density at radius 1 is 1.06 bits per heavy atom. The summed E-state index contributed by atoms with van der Waals surface area (Å²) in [4.78, 5) is 29.8. The summed E-state index contributed by atoms with van der Waals surface area (Å²) in [5.41, 5.74) is 2.78. The number of carbonyl (C=O) groups excluding carboxylic acids is 2. The first kappa shape index (κ1) is 21.6. The van der Waals surface area contributed by atoms with Crippen molar-refractivity contribution in [3.8, 4) is 17.0 Å². The van der Waals surface area contributed by atoms with Crippen molar-refractivity contribution in [2.45, 2.75) is 6.92 Å². The zero-order chi connectivity index (χ0) is 22.7. The molecule has 0 unspecified atom stereocenters. The number of methoxy groups -OCH3 is 1. The van der Waals surface area contributed by atoms with Crippen LogP contribution in [0.5, 0.6) is 5.75 Å². The summed E-state index contributed by atoms with van der Waals surface area (Å²) in [6.45, 7) is 1.98. The summed E-state index contributed by atoms with van der Waals surface area (Å²) in [7, 11) is 1.50. The van der Waals surface area contributed by atoms with Crippen molar-refractivity contribution in [2.24, 2.45) is 0 Å². The van der Waals surface area contributed by atoms with E-state index in [4.69, 9.17) is 20.8 Å². The molecule has 0 aliphatic rings. The molecule has 2 amide bonds. The van der Waals surface area contributed by atoms with E-state index >= 15 is 0 Å². The van der Waals surface area contributed by atoms with E-state index < -0.39 is 5.91 Å². The van der Waals surface area contributed by atoms with Crippen LogP contribution in [0.15, 0.2) is 65.3 Å². The monoisotopic (exact) mass is 467 g/mol. The van der Waals surface area contributed by atoms with Crippen molar-refractivity contribution in [3.63, 3.8) is 0 Å². The molecular weight excluding hydrogens is 450 g/mol. The Hall–Kier alpha value is -3.62. The lowest BCUT2D eigenvalue weighted by atomic mass is 10.1. The normalized spacial score (nSPS) is 10.6. The molecule has 9 heteroatoms. The maximum absolute atomic E-state index is 12.7. The number of nitrogens with one attached hydrogen (secondary N) is 2. The number of nitrogens with zero attached hydrogens (tertiary/aromatic N) is 1. The Morgan fingerprint density at radius 2 is 1.84 bits per heavy atom. The van der Waals surface area contributed by atoms with Gasteiger partial charge >= 0.3 is 0 Å². The predicted octanol–water partition coefficient (Wildman–Crippen LogP) is 5.88. The molecule has 4 aromatic rings. The van der Waals surface area contributed by atoms with Gasteiger partial charge in [0.25, 0.3) is 11.8 Å². The van der Waals surface area contributed by atoms with Gasteiger partial charge in [-0.25, -0.2) is 4.98 Å². The number of rotatable bonds is 6. The first-order valence-corrected chi connectivity index (χ1v) is 10.7. The van der Waals surface area contributed by atoms with E-state index in [1.54, 1.807) is 24.3 Å². The van der Waals surface area contributed by atoms with E-state index in [9.17, 15) is 9.59 Å². The lowest BCUT2D eigenvalue weighted by Gasteiger charge is -2.05. The molecule has 7 nitrogen and oxygen atoms in total. The third-order valence-electron chi connectivity index (χ3n) is 4.56. The molecule has 0 aliphatic carbocycles. The van der Waals surface area contributed by atoms with Crippen LogP contribution in [0.1, 0.15) is 26.5 Å². The fourth-order valence-electron chi connectivity index (χ4n) is 2.91. The Kier molecular flexibility index (Phi) is 6.25. The number of benzene rings is 2. The summed E-state index contributed by atoms with van der Waals surface area (Å²) in [6, 6.07) is 15.6. The first-order chi connectivity index (χ1) is 15.4. The molecule has 2 N–H and O–H groups in total. The van der Waals surface area contributed by atoms with Gasteiger partial charge in [-0.15, -0.1) is 0 Å². The zero-order valence-electron chi connectivity index (χ0n) is 17.1. The van der Waals surface area contributed by atoms with Crippen LogP contribution >= 0.6 is 22.9 Å². The van der Waals surface area contributed by atoms with Crippen molar-refractivity contribution in [2.75, 3.05) is 17.7 Å². The largest absolute Gasteiger partial charge is 0.495 e. The van der Waals surface area contributed by atoms with E-state index in [0.29, 0.717) is 32.2 Å². The fourth-order valence-corrected chi connectivity index (χ4v) is 4.05. The zero-order valence-corrected chi connectivity index (χ0v) is 18.7. The minimum absolute atomic E-state index is 0.173. The predicted molar refractivity (Wildman–Crippen MR) is 125 cm³/mol. The second-order valence-electron chi connectivity index (χ2n) is 6.80. The van der Waals surface area contributed by atoms with Crippen LogP contribution in [0.25, 0.3) is 11.3 Å². The number of thiazole rings is 1. The first-order valence-electron chi connectivity index (χ1n) is 9.52. The minimum Gasteiger partial charge on any atom is -0.495 e. The Balaban J connectivity index is 1.63. The van der Waals surface area contributed by atoms with E-state index in [0.717, 1.165) is 22.5 Å². The molecule has 0 radical (unpaired) electrons. The maximum atomic E-state index is 12.7. The lowest BCUT2D eigenvalue weighted by molar-refractivity contribution is 0.0995. The van der Waals surface area contributed by atoms with E-state index in [1.165, 1.54) is 19.4 Å². The lowest BCUT2D eigenvalue weighted by Crippen LogP contribution is -2.11. The molecule has 2 heterocycles. The highest BCUT2D eigenvalue weighted by molar-refractivity contribution is 7.20. The molecule has 0 saturated heterocycles. The highest BCUT2D eigenvalue weighted by atomic mass is 35.5. The number of amides is 2. The summed E-state index contributed by atoms with van der Waals surface area (Å²) >= 11 is 7.28. The van der Waals surface area contributed by atoms with Gasteiger partial charge in [0.15, 0.2) is 10.9 Å². The number of aryl methyl sites for hydroxylation is 1. The number of furan rings is 1. The quantitative estimate of drug-likeness (QED) is 0.369. The molecule has 4 rings (SSSR count). The minimum atomic E-state index is -0.410. The number of ether oxygens (including phenoxy) is 1. The number of aromatic nitrogens is 1. The van der Waals surface area contributed by atoms with Gasteiger partial charge in [-0.3, -0.25) is 14.9 Å². The van der Waals surface area contributed by atoms with Crippen molar-refractivity contribution in [1.82, 2.24) is 4.98 Å². The van der Waals surface area contributed by atoms with Crippen LogP contribution in [-0.2, 0) is 0 Å². The number of halogens is 1. The topological polar surface area (TPSA) is 93.5 Å². The summed E-state index contributed by atoms with van der Waals surface area (Å²) in [6.07, 6.45) is 1.42. The number of hydrogen-bond donors (Lipinski definition) is 2. The van der Waals surface area contributed by atoms with Gasteiger partial charge in [0.05, 0.1) is 18.4 Å². The third-order valence-corrected chi connectivity index (χ3v) is 5.74. The average Bonchev–Trinajstić information content (AvgIpc) is 3.45. The maximum Gasteiger partial charge on any atom is 0.292 e. The van der Waals surface area contributed by atoms with Crippen molar-refractivity contribution < 1.29 is 18.7 Å². The van der Waals surface area contributed by atoms with E-state index in [2.05, 4.69) is 15.6 Å². The van der Waals surface area contributed by atoms with E-state index in [-0.39, 0.29) is 11.7 Å². The van der Waals surface area contributed by atoms with Crippen molar-refractivity contribution >= 4 is 44.9 Å². The second kappa shape index (κ2) is 9.25. The van der Waals surface area contributed by atoms with Gasteiger partial charge in [-0.1, -0.05) is 52.8 Å². The van der Waals surface area contributed by atoms with Crippen LogP contribution in [-0.4, -0.2) is 23.9 Å². The molecule has 0 fully saturated rings. The van der Waals surface area contributed by atoms with Crippen LogP contribution < -0.4 is 15.4 Å². The van der Waals surface area contributed by atoms with Crippen LogP contribution in [0.2, 0.25) is 5.02 Å². The second-order valence-corrected chi connectivity index (χ2v) is 8.20. The summed E-state index contributed by atoms with van der Waals surface area (Å²) < 4.78 is 10.3. The molecule has 32 heavy (non-hydrogen) atoms. The molecule has 162 valence electrons. The van der Waals surface area contributed by atoms with Gasteiger partial charge in [-0.2, -0.15) is 0 Å². The van der Waals surface area contributed by atoms with Gasteiger partial charge < -0.3 is 14.5 Å². The van der Waals surface area contributed by atoms with Gasteiger partial charge in [-0.05, 0) is 37.3 Å². The standard InChI is InChI=1S/C23H18ClN3O4S/c1-13-5-7-14(8-6-13)19-22(26-21(29)18-4-3-11-31-18)32-23(25-19)27-20(28)15-9-10-17(30-2)16(24)12-15/h3-12H,1-2H3,(H,26,29)(H,25,27,28). The SMILES string of the molecule is COc1ccc(C(=O)Nc2nc(-c3ccc(C)cc3)c(NC(=O)c3ccco3)s2)cc1Cl.